The van der Waals surface area contributed by atoms with E-state index in [0.29, 0.717) is 0 Å². The molecule has 0 spiro atoms. The Morgan fingerprint density at radius 3 is 2.37 bits per heavy atom. The highest BCUT2D eigenvalue weighted by molar-refractivity contribution is 6.02. The van der Waals surface area contributed by atoms with Crippen LogP contribution in [-0.2, 0) is 0 Å². The van der Waals surface area contributed by atoms with Crippen molar-refractivity contribution in [2.24, 2.45) is 0 Å². The van der Waals surface area contributed by atoms with Gasteiger partial charge in [-0.25, -0.2) is 0 Å². The number of aromatic amines is 1. The summed E-state index contributed by atoms with van der Waals surface area (Å²) in [7, 11) is 0. The molecule has 3 aromatic rings. The van der Waals surface area contributed by atoms with Gasteiger partial charge in [0, 0.05) is 42.8 Å². The molecule has 4 nitrogen and oxygen atoms in total. The minimum absolute atomic E-state index is 0.123. The minimum Gasteiger partial charge on any atom is -0.370 e. The smallest absolute Gasteiger partial charge is 0.270 e. The Morgan fingerprint density at radius 2 is 1.63 bits per heavy atom. The van der Waals surface area contributed by atoms with Crippen molar-refractivity contribution < 1.29 is 4.79 Å². The molecule has 2 aromatic carbocycles. The van der Waals surface area contributed by atoms with Gasteiger partial charge in [0.05, 0.1) is 0 Å². The number of amides is 1. The summed E-state index contributed by atoms with van der Waals surface area (Å²) in [6.45, 7) is 9.67. The number of aromatic nitrogens is 1. The maximum absolute atomic E-state index is 13.3. The largest absolute Gasteiger partial charge is 0.370 e. The summed E-state index contributed by atoms with van der Waals surface area (Å²) in [5.74, 6) is 0.123. The van der Waals surface area contributed by atoms with Crippen LogP contribution in [0.5, 0.6) is 0 Å². The molecule has 1 aliphatic heterocycles. The average molecular weight is 361 g/mol. The summed E-state index contributed by atoms with van der Waals surface area (Å²) in [5, 5.41) is 1.19. The first-order valence-electron chi connectivity index (χ1n) is 9.74. The van der Waals surface area contributed by atoms with E-state index in [2.05, 4.69) is 67.1 Å². The number of aryl methyl sites for hydroxylation is 3. The molecule has 0 saturated carbocycles. The van der Waals surface area contributed by atoms with Gasteiger partial charge < -0.3 is 14.8 Å². The van der Waals surface area contributed by atoms with Gasteiger partial charge in [-0.3, -0.25) is 4.79 Å². The summed E-state index contributed by atoms with van der Waals surface area (Å²) in [5.41, 5.74) is 6.55. The first-order valence-corrected chi connectivity index (χ1v) is 9.74. The number of fused-ring (bicyclic) bond motifs is 1. The number of benzene rings is 2. The summed E-state index contributed by atoms with van der Waals surface area (Å²) in [4.78, 5) is 21.1. The topological polar surface area (TPSA) is 39.3 Å². The molecule has 2 heterocycles. The van der Waals surface area contributed by atoms with Crippen LogP contribution in [0.4, 0.5) is 5.69 Å². The van der Waals surface area contributed by atoms with Crippen LogP contribution in [0.15, 0.2) is 42.5 Å². The van der Waals surface area contributed by atoms with Crippen molar-refractivity contribution in [2.45, 2.75) is 27.2 Å². The van der Waals surface area contributed by atoms with Gasteiger partial charge in [-0.05, 0) is 56.0 Å². The third-order valence-corrected chi connectivity index (χ3v) is 5.74. The van der Waals surface area contributed by atoms with E-state index in [1.165, 1.54) is 22.2 Å². The zero-order valence-electron chi connectivity index (χ0n) is 16.4. The number of H-pyrrole nitrogens is 1. The number of para-hydroxylation sites is 1. The molecule has 1 aromatic heterocycles. The summed E-state index contributed by atoms with van der Waals surface area (Å²) in [6, 6.07) is 14.7. The fourth-order valence-electron chi connectivity index (χ4n) is 4.19. The maximum atomic E-state index is 13.3. The number of anilines is 1. The molecule has 1 N–H and O–H groups in total. The second-order valence-electron chi connectivity index (χ2n) is 7.54. The van der Waals surface area contributed by atoms with Gasteiger partial charge in [-0.2, -0.15) is 0 Å². The lowest BCUT2D eigenvalue weighted by atomic mass is 10.0. The Bertz CT molecular complexity index is 974. The predicted molar refractivity (Wildman–Crippen MR) is 112 cm³/mol. The van der Waals surface area contributed by atoms with Crippen LogP contribution < -0.4 is 4.90 Å². The Kier molecular flexibility index (Phi) is 4.65. The standard InChI is InChI=1S/C23H27N3O/c1-16-10-11-17(2)21-20(16)18(3)22(24-21)23(27)26-13-7-12-25(14-15-26)19-8-5-4-6-9-19/h4-6,8-11,24H,7,12-15H2,1-3H3. The molecule has 4 heteroatoms. The number of rotatable bonds is 2. The molecule has 140 valence electrons. The summed E-state index contributed by atoms with van der Waals surface area (Å²) in [6.07, 6.45) is 0.984. The van der Waals surface area contributed by atoms with Crippen molar-refractivity contribution in [2.75, 3.05) is 31.1 Å². The third kappa shape index (κ3) is 3.20. The Balaban J connectivity index is 1.58. The van der Waals surface area contributed by atoms with Crippen LogP contribution in [0, 0.1) is 20.8 Å². The monoisotopic (exact) mass is 361 g/mol. The van der Waals surface area contributed by atoms with Crippen LogP contribution in [0.25, 0.3) is 10.9 Å². The van der Waals surface area contributed by atoms with Crippen LogP contribution >= 0.6 is 0 Å². The molecule has 0 aliphatic carbocycles. The lowest BCUT2D eigenvalue weighted by Crippen LogP contribution is -2.35. The van der Waals surface area contributed by atoms with E-state index >= 15 is 0 Å². The van der Waals surface area contributed by atoms with E-state index in [4.69, 9.17) is 0 Å². The quantitative estimate of drug-likeness (QED) is 0.733. The molecule has 0 unspecified atom stereocenters. The Hall–Kier alpha value is -2.75. The SMILES string of the molecule is Cc1ccc(C)c2c(C)c(C(=O)N3CCCN(c4ccccc4)CC3)[nH]c12. The fraction of sp³-hybridized carbons (Fsp3) is 0.348. The van der Waals surface area contributed by atoms with Gasteiger partial charge in [-0.1, -0.05) is 30.3 Å². The van der Waals surface area contributed by atoms with Crippen molar-refractivity contribution in [3.05, 3.63) is 64.8 Å². The first-order chi connectivity index (χ1) is 13.1. The van der Waals surface area contributed by atoms with Crippen molar-refractivity contribution >= 4 is 22.5 Å². The molecule has 1 saturated heterocycles. The molecule has 0 radical (unpaired) electrons. The molecular formula is C23H27N3O. The zero-order chi connectivity index (χ0) is 19.0. The molecule has 0 atom stereocenters. The van der Waals surface area contributed by atoms with Gasteiger partial charge in [0.2, 0.25) is 0 Å². The molecular weight excluding hydrogens is 334 g/mol. The predicted octanol–water partition coefficient (Wildman–Crippen LogP) is 4.45. The fourth-order valence-corrected chi connectivity index (χ4v) is 4.19. The van der Waals surface area contributed by atoms with E-state index in [0.717, 1.165) is 49.4 Å². The number of hydrogen-bond acceptors (Lipinski definition) is 2. The lowest BCUT2D eigenvalue weighted by Gasteiger charge is -2.23. The zero-order valence-corrected chi connectivity index (χ0v) is 16.4. The van der Waals surface area contributed by atoms with Gasteiger partial charge in [0.1, 0.15) is 5.69 Å². The van der Waals surface area contributed by atoms with Crippen molar-refractivity contribution in [3.8, 4) is 0 Å². The van der Waals surface area contributed by atoms with Crippen LogP contribution in [0.1, 0.15) is 33.6 Å². The average Bonchev–Trinajstić information content (AvgIpc) is 2.88. The van der Waals surface area contributed by atoms with Crippen molar-refractivity contribution in [3.63, 3.8) is 0 Å². The summed E-state index contributed by atoms with van der Waals surface area (Å²) < 4.78 is 0. The van der Waals surface area contributed by atoms with Gasteiger partial charge in [0.15, 0.2) is 0 Å². The van der Waals surface area contributed by atoms with E-state index in [-0.39, 0.29) is 5.91 Å². The third-order valence-electron chi connectivity index (χ3n) is 5.74. The van der Waals surface area contributed by atoms with Gasteiger partial charge in [0.25, 0.3) is 5.91 Å². The second-order valence-corrected chi connectivity index (χ2v) is 7.54. The first kappa shape index (κ1) is 17.7. The molecule has 27 heavy (non-hydrogen) atoms. The number of nitrogens with zero attached hydrogens (tertiary/aromatic N) is 2. The van der Waals surface area contributed by atoms with E-state index in [1.807, 2.05) is 11.0 Å². The summed E-state index contributed by atoms with van der Waals surface area (Å²) >= 11 is 0. The van der Waals surface area contributed by atoms with Crippen molar-refractivity contribution in [1.29, 1.82) is 0 Å². The minimum atomic E-state index is 0.123. The number of carbonyl (C=O) groups excluding carboxylic acids is 1. The van der Waals surface area contributed by atoms with E-state index in [9.17, 15) is 4.79 Å². The van der Waals surface area contributed by atoms with Crippen LogP contribution in [0.3, 0.4) is 0 Å². The normalized spacial score (nSPS) is 15.2. The number of carbonyl (C=O) groups is 1. The van der Waals surface area contributed by atoms with Gasteiger partial charge in [-0.15, -0.1) is 0 Å². The lowest BCUT2D eigenvalue weighted by molar-refractivity contribution is 0.0761. The number of hydrogen-bond donors (Lipinski definition) is 1. The van der Waals surface area contributed by atoms with Crippen LogP contribution in [0.2, 0.25) is 0 Å². The highest BCUT2D eigenvalue weighted by Crippen LogP contribution is 2.28. The Labute approximate surface area is 160 Å². The maximum Gasteiger partial charge on any atom is 0.270 e. The Morgan fingerprint density at radius 1 is 0.889 bits per heavy atom. The highest BCUT2D eigenvalue weighted by atomic mass is 16.2. The number of nitrogens with one attached hydrogen (secondary N) is 1. The van der Waals surface area contributed by atoms with Crippen molar-refractivity contribution in [1.82, 2.24) is 9.88 Å². The van der Waals surface area contributed by atoms with Gasteiger partial charge >= 0.3 is 0 Å². The molecule has 1 aliphatic rings. The van der Waals surface area contributed by atoms with E-state index in [1.54, 1.807) is 0 Å². The molecule has 1 amide bonds. The highest BCUT2D eigenvalue weighted by Gasteiger charge is 2.24. The van der Waals surface area contributed by atoms with E-state index < -0.39 is 0 Å². The second kappa shape index (κ2) is 7.10. The molecule has 1 fully saturated rings. The molecule has 0 bridgehead atoms. The van der Waals surface area contributed by atoms with Crippen LogP contribution in [-0.4, -0.2) is 42.0 Å². The molecule has 4 rings (SSSR count).